The van der Waals surface area contributed by atoms with Crippen LogP contribution in [0.25, 0.3) is 21.3 Å². The average Bonchev–Trinajstić information content (AvgIpc) is 3.02. The molecule has 3 aromatic rings. The number of halogens is 1. The van der Waals surface area contributed by atoms with E-state index in [0.717, 1.165) is 83.7 Å². The Morgan fingerprint density at radius 3 is 2.64 bits per heavy atom. The number of fused-ring (bicyclic) bond motifs is 1. The van der Waals surface area contributed by atoms with Crippen LogP contribution >= 0.6 is 11.3 Å². The topological polar surface area (TPSA) is 50.3 Å². The van der Waals surface area contributed by atoms with Gasteiger partial charge in [-0.3, -0.25) is 4.90 Å². The molecule has 1 N–H and O–H groups in total. The smallest absolute Gasteiger partial charge is 0.139 e. The molecule has 1 aromatic carbocycles. The molecule has 0 bridgehead atoms. The van der Waals surface area contributed by atoms with Crippen LogP contribution in [0.15, 0.2) is 24.3 Å². The van der Waals surface area contributed by atoms with Crippen LogP contribution in [0.1, 0.15) is 17.1 Å². The lowest BCUT2D eigenvalue weighted by molar-refractivity contribution is 0.0378. The third-order valence-corrected chi connectivity index (χ3v) is 6.02. The highest BCUT2D eigenvalue weighted by Crippen LogP contribution is 2.40. The van der Waals surface area contributed by atoms with Crippen molar-refractivity contribution in [1.82, 2.24) is 14.9 Å². The lowest BCUT2D eigenvalue weighted by atomic mass is 10.0. The molecule has 1 aliphatic rings. The van der Waals surface area contributed by atoms with Gasteiger partial charge in [-0.1, -0.05) is 12.1 Å². The van der Waals surface area contributed by atoms with Crippen LogP contribution in [0, 0.1) is 19.7 Å². The van der Waals surface area contributed by atoms with Crippen molar-refractivity contribution < 1.29 is 9.13 Å². The van der Waals surface area contributed by atoms with Gasteiger partial charge in [0.1, 0.15) is 22.3 Å². The average molecular weight is 401 g/mol. The Balaban J connectivity index is 1.57. The van der Waals surface area contributed by atoms with Crippen molar-refractivity contribution in [3.05, 3.63) is 40.8 Å². The summed E-state index contributed by atoms with van der Waals surface area (Å²) in [7, 11) is 0. The maximum absolute atomic E-state index is 13.4. The Labute approximate surface area is 168 Å². The van der Waals surface area contributed by atoms with Crippen molar-refractivity contribution in [3.8, 4) is 11.1 Å². The predicted octanol–water partition coefficient (Wildman–Crippen LogP) is 4.25. The largest absolute Gasteiger partial charge is 0.379 e. The highest BCUT2D eigenvalue weighted by Gasteiger charge is 2.18. The van der Waals surface area contributed by atoms with Crippen LogP contribution in [-0.2, 0) is 4.74 Å². The van der Waals surface area contributed by atoms with Gasteiger partial charge in [-0.25, -0.2) is 14.4 Å². The van der Waals surface area contributed by atoms with Gasteiger partial charge in [-0.2, -0.15) is 0 Å². The van der Waals surface area contributed by atoms with Crippen LogP contribution in [-0.4, -0.2) is 54.3 Å². The highest BCUT2D eigenvalue weighted by molar-refractivity contribution is 7.19. The zero-order valence-corrected chi connectivity index (χ0v) is 17.1. The fourth-order valence-corrected chi connectivity index (χ4v) is 4.73. The van der Waals surface area contributed by atoms with Gasteiger partial charge >= 0.3 is 0 Å². The summed E-state index contributed by atoms with van der Waals surface area (Å²) in [6.45, 7) is 9.58. The molecule has 2 aromatic heterocycles. The molecule has 0 spiro atoms. The number of morpholine rings is 1. The molecule has 3 heterocycles. The number of nitrogens with one attached hydrogen (secondary N) is 1. The van der Waals surface area contributed by atoms with Crippen LogP contribution in [0.2, 0.25) is 0 Å². The van der Waals surface area contributed by atoms with Crippen molar-refractivity contribution in [2.45, 2.75) is 20.3 Å². The Kier molecular flexibility index (Phi) is 5.85. The van der Waals surface area contributed by atoms with Crippen LogP contribution < -0.4 is 5.32 Å². The number of thiophene rings is 1. The third kappa shape index (κ3) is 4.16. The van der Waals surface area contributed by atoms with Crippen molar-refractivity contribution in [2.75, 3.05) is 44.7 Å². The molecule has 148 valence electrons. The summed E-state index contributed by atoms with van der Waals surface area (Å²) in [5.41, 5.74) is 2.09. The molecule has 4 rings (SSSR count). The maximum Gasteiger partial charge on any atom is 0.139 e. The van der Waals surface area contributed by atoms with E-state index in [2.05, 4.69) is 27.1 Å². The summed E-state index contributed by atoms with van der Waals surface area (Å²) in [4.78, 5) is 13.9. The molecule has 1 fully saturated rings. The molecule has 1 saturated heterocycles. The van der Waals surface area contributed by atoms with E-state index in [1.165, 1.54) is 12.1 Å². The first-order valence-corrected chi connectivity index (χ1v) is 10.5. The molecule has 0 unspecified atom stereocenters. The number of hydrogen-bond acceptors (Lipinski definition) is 6. The van der Waals surface area contributed by atoms with E-state index in [1.807, 2.05) is 19.1 Å². The summed E-state index contributed by atoms with van der Waals surface area (Å²) < 4.78 is 18.8. The molecule has 7 heteroatoms. The quantitative estimate of drug-likeness (QED) is 0.627. The molecule has 0 atom stereocenters. The van der Waals surface area contributed by atoms with Crippen molar-refractivity contribution in [1.29, 1.82) is 0 Å². The molecule has 1 aliphatic heterocycles. The number of aryl methyl sites for hydroxylation is 2. The van der Waals surface area contributed by atoms with Gasteiger partial charge in [0, 0.05) is 30.1 Å². The summed E-state index contributed by atoms with van der Waals surface area (Å²) in [6, 6.07) is 6.66. The lowest BCUT2D eigenvalue weighted by Gasteiger charge is -2.26. The molecule has 0 saturated carbocycles. The molecule has 0 aliphatic carbocycles. The van der Waals surface area contributed by atoms with E-state index in [0.29, 0.717) is 0 Å². The molecule has 0 amide bonds. The highest BCUT2D eigenvalue weighted by atomic mass is 32.1. The van der Waals surface area contributed by atoms with Crippen molar-refractivity contribution in [3.63, 3.8) is 0 Å². The first-order valence-electron chi connectivity index (χ1n) is 9.69. The minimum absolute atomic E-state index is 0.227. The fourth-order valence-electron chi connectivity index (χ4n) is 3.64. The van der Waals surface area contributed by atoms with Crippen LogP contribution in [0.4, 0.5) is 10.2 Å². The van der Waals surface area contributed by atoms with Gasteiger partial charge < -0.3 is 10.1 Å². The molecule has 0 radical (unpaired) electrons. The Morgan fingerprint density at radius 2 is 1.89 bits per heavy atom. The summed E-state index contributed by atoms with van der Waals surface area (Å²) in [6.07, 6.45) is 1.04. The Hall–Kier alpha value is -2.09. The van der Waals surface area contributed by atoms with Gasteiger partial charge in [0.15, 0.2) is 0 Å². The van der Waals surface area contributed by atoms with Gasteiger partial charge in [0.2, 0.25) is 0 Å². The first-order chi connectivity index (χ1) is 13.6. The van der Waals surface area contributed by atoms with Crippen molar-refractivity contribution >= 4 is 27.4 Å². The number of ether oxygens (including phenoxy) is 1. The second-order valence-electron chi connectivity index (χ2n) is 7.07. The predicted molar refractivity (Wildman–Crippen MR) is 113 cm³/mol. The zero-order chi connectivity index (χ0) is 19.5. The molecule has 28 heavy (non-hydrogen) atoms. The second-order valence-corrected chi connectivity index (χ2v) is 8.28. The van der Waals surface area contributed by atoms with E-state index >= 15 is 0 Å². The van der Waals surface area contributed by atoms with Gasteiger partial charge in [-0.15, -0.1) is 11.3 Å². The minimum Gasteiger partial charge on any atom is -0.379 e. The van der Waals surface area contributed by atoms with E-state index in [4.69, 9.17) is 4.74 Å². The SMILES string of the molecule is Cc1nc(NCCCN2CCOCC2)c2c(-c3ccc(F)cc3)c(C)sc2n1. The van der Waals surface area contributed by atoms with E-state index in [9.17, 15) is 4.39 Å². The van der Waals surface area contributed by atoms with Crippen LogP contribution in [0.3, 0.4) is 0 Å². The summed E-state index contributed by atoms with van der Waals surface area (Å²) in [5.74, 6) is 1.40. The van der Waals surface area contributed by atoms with E-state index < -0.39 is 0 Å². The lowest BCUT2D eigenvalue weighted by Crippen LogP contribution is -2.37. The summed E-state index contributed by atoms with van der Waals surface area (Å²) in [5, 5.41) is 4.56. The summed E-state index contributed by atoms with van der Waals surface area (Å²) >= 11 is 1.66. The third-order valence-electron chi connectivity index (χ3n) is 5.02. The normalized spacial score (nSPS) is 15.2. The number of nitrogens with zero attached hydrogens (tertiary/aromatic N) is 3. The zero-order valence-electron chi connectivity index (χ0n) is 16.3. The number of anilines is 1. The van der Waals surface area contributed by atoms with Crippen LogP contribution in [0.5, 0.6) is 0 Å². The standard InChI is InChI=1S/C21H25FN4OS/c1-14-18(16-4-6-17(22)7-5-16)19-20(24-15(2)25-21(19)28-14)23-8-3-9-26-10-12-27-13-11-26/h4-7H,3,8-13H2,1-2H3,(H,23,24,25). The molecular weight excluding hydrogens is 375 g/mol. The first kappa shape index (κ1) is 19.2. The minimum atomic E-state index is -0.227. The van der Waals surface area contributed by atoms with E-state index in [-0.39, 0.29) is 5.82 Å². The Bertz CT molecular complexity index is 951. The monoisotopic (exact) mass is 400 g/mol. The van der Waals surface area contributed by atoms with Gasteiger partial charge in [-0.05, 0) is 44.5 Å². The van der Waals surface area contributed by atoms with Gasteiger partial charge in [0.05, 0.1) is 18.6 Å². The maximum atomic E-state index is 13.4. The number of rotatable bonds is 6. The molecular formula is C21H25FN4OS. The number of hydrogen-bond donors (Lipinski definition) is 1. The van der Waals surface area contributed by atoms with E-state index in [1.54, 1.807) is 11.3 Å². The fraction of sp³-hybridized carbons (Fsp3) is 0.429. The number of aromatic nitrogens is 2. The second kappa shape index (κ2) is 8.51. The Morgan fingerprint density at radius 1 is 1.14 bits per heavy atom. The van der Waals surface area contributed by atoms with Gasteiger partial charge in [0.25, 0.3) is 0 Å². The molecule has 5 nitrogen and oxygen atoms in total. The van der Waals surface area contributed by atoms with Crippen molar-refractivity contribution in [2.24, 2.45) is 0 Å². The number of benzene rings is 1.